The molecule has 0 aliphatic carbocycles. The molecule has 0 bridgehead atoms. The molecule has 0 saturated carbocycles. The van der Waals surface area contributed by atoms with Crippen LogP contribution in [0.2, 0.25) is 0 Å². The zero-order chi connectivity index (χ0) is 22.4. The van der Waals surface area contributed by atoms with Crippen molar-refractivity contribution in [1.29, 1.82) is 0 Å². The quantitative estimate of drug-likeness (QED) is 0.511. The highest BCUT2D eigenvalue weighted by molar-refractivity contribution is 7.12. The number of nitrogens with one attached hydrogen (secondary N) is 3. The van der Waals surface area contributed by atoms with Crippen LogP contribution in [-0.4, -0.2) is 23.8 Å². The zero-order valence-electron chi connectivity index (χ0n) is 17.4. The van der Waals surface area contributed by atoms with Gasteiger partial charge in [0.15, 0.2) is 6.10 Å². The maximum Gasteiger partial charge on any atom is 0.279 e. The Morgan fingerprint density at radius 3 is 2.32 bits per heavy atom. The minimum atomic E-state index is -0.796. The molecule has 0 radical (unpaired) electrons. The van der Waals surface area contributed by atoms with Gasteiger partial charge in [-0.05, 0) is 73.7 Å². The molecule has 0 spiro atoms. The van der Waals surface area contributed by atoms with Crippen molar-refractivity contribution in [3.05, 3.63) is 81.5 Å². The van der Waals surface area contributed by atoms with Gasteiger partial charge in [0, 0.05) is 11.3 Å². The van der Waals surface area contributed by atoms with E-state index in [2.05, 4.69) is 16.2 Å². The van der Waals surface area contributed by atoms with Crippen LogP contribution in [0.15, 0.2) is 60.0 Å². The third-order valence-electron chi connectivity index (χ3n) is 4.68. The van der Waals surface area contributed by atoms with Crippen LogP contribution in [0, 0.1) is 13.8 Å². The van der Waals surface area contributed by atoms with Crippen molar-refractivity contribution < 1.29 is 19.1 Å². The second kappa shape index (κ2) is 9.90. The van der Waals surface area contributed by atoms with Crippen molar-refractivity contribution in [2.24, 2.45) is 0 Å². The van der Waals surface area contributed by atoms with Gasteiger partial charge in [-0.3, -0.25) is 25.2 Å². The van der Waals surface area contributed by atoms with E-state index in [1.54, 1.807) is 49.4 Å². The van der Waals surface area contributed by atoms with Gasteiger partial charge in [0.2, 0.25) is 0 Å². The number of rotatable bonds is 6. The van der Waals surface area contributed by atoms with Gasteiger partial charge in [-0.2, -0.15) is 0 Å². The van der Waals surface area contributed by atoms with E-state index in [9.17, 15) is 14.4 Å². The molecular formula is C23H23N3O4S. The summed E-state index contributed by atoms with van der Waals surface area (Å²) in [7, 11) is 0. The Labute approximate surface area is 184 Å². The van der Waals surface area contributed by atoms with Gasteiger partial charge < -0.3 is 10.1 Å². The van der Waals surface area contributed by atoms with E-state index in [-0.39, 0.29) is 5.91 Å². The molecule has 160 valence electrons. The predicted molar refractivity (Wildman–Crippen MR) is 120 cm³/mol. The van der Waals surface area contributed by atoms with Crippen LogP contribution in [-0.2, 0) is 4.79 Å². The summed E-state index contributed by atoms with van der Waals surface area (Å²) in [5.41, 5.74) is 7.65. The third-order valence-corrected chi connectivity index (χ3v) is 5.55. The highest BCUT2D eigenvalue weighted by Crippen LogP contribution is 2.21. The Bertz CT molecular complexity index is 1080. The first kappa shape index (κ1) is 22.0. The van der Waals surface area contributed by atoms with Gasteiger partial charge in [0.05, 0.1) is 4.88 Å². The molecule has 3 amide bonds. The Morgan fingerprint density at radius 1 is 0.903 bits per heavy atom. The van der Waals surface area contributed by atoms with Gasteiger partial charge >= 0.3 is 0 Å². The Kier molecular flexibility index (Phi) is 7.04. The summed E-state index contributed by atoms with van der Waals surface area (Å²) < 4.78 is 5.71. The molecule has 0 aliphatic heterocycles. The van der Waals surface area contributed by atoms with Gasteiger partial charge in [0.25, 0.3) is 17.7 Å². The van der Waals surface area contributed by atoms with Crippen molar-refractivity contribution in [3.8, 4) is 5.75 Å². The summed E-state index contributed by atoms with van der Waals surface area (Å²) in [5, 5.41) is 4.58. The van der Waals surface area contributed by atoms with Crippen LogP contribution in [0.5, 0.6) is 5.75 Å². The van der Waals surface area contributed by atoms with Crippen molar-refractivity contribution in [2.75, 3.05) is 5.32 Å². The molecule has 1 heterocycles. The fourth-order valence-electron chi connectivity index (χ4n) is 2.69. The van der Waals surface area contributed by atoms with Crippen molar-refractivity contribution >= 4 is 34.7 Å². The normalized spacial score (nSPS) is 11.3. The average molecular weight is 438 g/mol. The minimum absolute atomic E-state index is 0.211. The molecule has 1 atom stereocenters. The third kappa shape index (κ3) is 5.70. The molecule has 1 aromatic heterocycles. The first-order valence-corrected chi connectivity index (χ1v) is 10.5. The molecular weight excluding hydrogens is 414 g/mol. The highest BCUT2D eigenvalue weighted by Gasteiger charge is 2.17. The van der Waals surface area contributed by atoms with Crippen LogP contribution >= 0.6 is 11.3 Å². The topological polar surface area (TPSA) is 96.5 Å². The highest BCUT2D eigenvalue weighted by atomic mass is 32.1. The molecule has 2 aromatic carbocycles. The molecule has 31 heavy (non-hydrogen) atoms. The molecule has 0 aliphatic rings. The average Bonchev–Trinajstić information content (AvgIpc) is 3.30. The Balaban J connectivity index is 1.51. The molecule has 0 fully saturated rings. The van der Waals surface area contributed by atoms with E-state index in [0.29, 0.717) is 21.9 Å². The number of amides is 3. The standard InChI is InChI=1S/C23H23N3O4S/c1-14-6-4-7-19(15(14)2)30-16(3)21(27)25-26-22(28)17-9-11-18(12-10-17)24-23(29)20-8-5-13-31-20/h4-13,16H,1-3H3,(H,24,29)(H,25,27)(H,26,28). The van der Waals surface area contributed by atoms with E-state index < -0.39 is 17.9 Å². The van der Waals surface area contributed by atoms with E-state index in [4.69, 9.17) is 4.74 Å². The number of carbonyl (C=O) groups is 3. The zero-order valence-corrected chi connectivity index (χ0v) is 18.2. The molecule has 7 nitrogen and oxygen atoms in total. The summed E-state index contributed by atoms with van der Waals surface area (Å²) >= 11 is 1.34. The lowest BCUT2D eigenvalue weighted by Gasteiger charge is -2.17. The fraction of sp³-hybridized carbons (Fsp3) is 0.174. The smallest absolute Gasteiger partial charge is 0.279 e. The molecule has 1 unspecified atom stereocenters. The number of thiophene rings is 1. The molecule has 3 N–H and O–H groups in total. The summed E-state index contributed by atoms with van der Waals surface area (Å²) in [6.45, 7) is 5.49. The van der Waals surface area contributed by atoms with Crippen LogP contribution in [0.3, 0.4) is 0 Å². The lowest BCUT2D eigenvalue weighted by atomic mass is 10.1. The number of anilines is 1. The van der Waals surface area contributed by atoms with Crippen molar-refractivity contribution in [3.63, 3.8) is 0 Å². The second-order valence-corrected chi connectivity index (χ2v) is 7.86. The van der Waals surface area contributed by atoms with Crippen LogP contribution < -0.4 is 20.9 Å². The number of hydrazine groups is 1. The monoisotopic (exact) mass is 437 g/mol. The minimum Gasteiger partial charge on any atom is -0.481 e. The SMILES string of the molecule is Cc1cccc(OC(C)C(=O)NNC(=O)c2ccc(NC(=O)c3cccs3)cc2)c1C. The number of aryl methyl sites for hydroxylation is 1. The first-order valence-electron chi connectivity index (χ1n) is 9.63. The van der Waals surface area contributed by atoms with E-state index in [1.165, 1.54) is 11.3 Å². The Morgan fingerprint density at radius 2 is 1.65 bits per heavy atom. The molecule has 3 rings (SSSR count). The largest absolute Gasteiger partial charge is 0.481 e. The van der Waals surface area contributed by atoms with E-state index >= 15 is 0 Å². The maximum absolute atomic E-state index is 12.3. The van der Waals surface area contributed by atoms with E-state index in [0.717, 1.165) is 11.1 Å². The van der Waals surface area contributed by atoms with Gasteiger partial charge in [0.1, 0.15) is 5.75 Å². The van der Waals surface area contributed by atoms with Crippen LogP contribution in [0.25, 0.3) is 0 Å². The number of ether oxygens (including phenoxy) is 1. The predicted octanol–water partition coefficient (Wildman–Crippen LogP) is 3.85. The number of hydrogen-bond donors (Lipinski definition) is 3. The Hall–Kier alpha value is -3.65. The molecule has 0 saturated heterocycles. The first-order chi connectivity index (χ1) is 14.8. The summed E-state index contributed by atoms with van der Waals surface area (Å²) in [6.07, 6.45) is -0.796. The van der Waals surface area contributed by atoms with Gasteiger partial charge in [-0.25, -0.2) is 0 Å². The van der Waals surface area contributed by atoms with Crippen LogP contribution in [0.1, 0.15) is 38.1 Å². The van der Waals surface area contributed by atoms with Crippen molar-refractivity contribution in [1.82, 2.24) is 10.9 Å². The lowest BCUT2D eigenvalue weighted by Crippen LogP contribution is -2.47. The summed E-state index contributed by atoms with van der Waals surface area (Å²) in [6, 6.07) is 15.5. The molecule has 3 aromatic rings. The number of carbonyl (C=O) groups excluding carboxylic acids is 3. The summed E-state index contributed by atoms with van der Waals surface area (Å²) in [4.78, 5) is 37.2. The van der Waals surface area contributed by atoms with Crippen molar-refractivity contribution in [2.45, 2.75) is 26.9 Å². The van der Waals surface area contributed by atoms with Gasteiger partial charge in [-0.15, -0.1) is 11.3 Å². The number of benzene rings is 2. The molecule has 8 heteroatoms. The van der Waals surface area contributed by atoms with Crippen LogP contribution in [0.4, 0.5) is 5.69 Å². The second-order valence-electron chi connectivity index (χ2n) is 6.91. The van der Waals surface area contributed by atoms with Gasteiger partial charge in [-0.1, -0.05) is 18.2 Å². The maximum atomic E-state index is 12.3. The fourth-order valence-corrected chi connectivity index (χ4v) is 3.31. The van der Waals surface area contributed by atoms with E-state index in [1.807, 2.05) is 31.4 Å². The lowest BCUT2D eigenvalue weighted by molar-refractivity contribution is -0.128. The number of hydrogen-bond acceptors (Lipinski definition) is 5. The summed E-state index contributed by atoms with van der Waals surface area (Å²) in [5.74, 6) is -0.552.